The van der Waals surface area contributed by atoms with Crippen molar-refractivity contribution in [3.05, 3.63) is 0 Å². The van der Waals surface area contributed by atoms with Crippen LogP contribution < -0.4 is 5.32 Å². The first kappa shape index (κ1) is 7.95. The van der Waals surface area contributed by atoms with Gasteiger partial charge in [-0.05, 0) is 19.8 Å². The minimum Gasteiger partial charge on any atom is -0.389 e. The van der Waals surface area contributed by atoms with Gasteiger partial charge in [-0.15, -0.1) is 0 Å². The highest BCUT2D eigenvalue weighted by Gasteiger charge is 2.36. The van der Waals surface area contributed by atoms with E-state index in [0.29, 0.717) is 6.54 Å². The maximum absolute atomic E-state index is 11.7. The Labute approximate surface area is 60.4 Å². The first-order chi connectivity index (χ1) is 4.66. The van der Waals surface area contributed by atoms with Crippen molar-refractivity contribution < 1.29 is 9.50 Å². The lowest BCUT2D eigenvalue weighted by Crippen LogP contribution is -2.36. The van der Waals surface area contributed by atoms with Crippen LogP contribution in [-0.4, -0.2) is 30.0 Å². The van der Waals surface area contributed by atoms with Crippen molar-refractivity contribution in [2.24, 2.45) is 0 Å². The minimum absolute atomic E-state index is 0.205. The van der Waals surface area contributed by atoms with Gasteiger partial charge in [0.1, 0.15) is 6.67 Å². The first-order valence-corrected chi connectivity index (χ1v) is 3.65. The quantitative estimate of drug-likeness (QED) is 0.605. The van der Waals surface area contributed by atoms with Gasteiger partial charge in [-0.1, -0.05) is 0 Å². The molecule has 2 nitrogen and oxygen atoms in total. The smallest absolute Gasteiger partial charge is 0.117 e. The lowest BCUT2D eigenvalue weighted by molar-refractivity contribution is 0.134. The summed E-state index contributed by atoms with van der Waals surface area (Å²) in [5.41, 5.74) is 0.205. The van der Waals surface area contributed by atoms with Crippen LogP contribution in [0, 0.1) is 0 Å². The molecule has 0 aromatic carbocycles. The Hall–Kier alpha value is -0.150. The van der Waals surface area contributed by atoms with Crippen LogP contribution >= 0.6 is 0 Å². The van der Waals surface area contributed by atoms with Gasteiger partial charge < -0.3 is 10.4 Å². The summed E-state index contributed by atoms with van der Waals surface area (Å²) in [5, 5.41) is 11.9. The minimum atomic E-state index is -0.822. The second-order valence-corrected chi connectivity index (χ2v) is 3.25. The molecule has 0 aromatic rings. The number of hydrogen-bond donors (Lipinski definition) is 2. The summed E-state index contributed by atoms with van der Waals surface area (Å²) in [6.45, 7) is 1.81. The van der Waals surface area contributed by atoms with E-state index >= 15 is 0 Å². The van der Waals surface area contributed by atoms with Crippen LogP contribution in [0.5, 0.6) is 0 Å². The van der Waals surface area contributed by atoms with Gasteiger partial charge in [-0.25, -0.2) is 4.39 Å². The van der Waals surface area contributed by atoms with Gasteiger partial charge in [0.2, 0.25) is 0 Å². The molecule has 3 heteroatoms. The summed E-state index contributed by atoms with van der Waals surface area (Å²) >= 11 is 0. The van der Waals surface area contributed by atoms with Crippen LogP contribution in [0.1, 0.15) is 19.8 Å². The standard InChI is InChI=1S/C7H14FNO/c1-7(2-3-7)9-5-6(10)4-8/h6,9-10H,2-5H2,1H3. The van der Waals surface area contributed by atoms with Gasteiger partial charge in [-0.3, -0.25) is 0 Å². The second kappa shape index (κ2) is 2.84. The molecule has 0 amide bonds. The summed E-state index contributed by atoms with van der Waals surface area (Å²) in [4.78, 5) is 0. The molecule has 2 N–H and O–H groups in total. The first-order valence-electron chi connectivity index (χ1n) is 3.65. The fraction of sp³-hybridized carbons (Fsp3) is 1.00. The molecule has 0 heterocycles. The van der Waals surface area contributed by atoms with Crippen LogP contribution in [0.25, 0.3) is 0 Å². The molecular formula is C7H14FNO. The number of hydrogen-bond acceptors (Lipinski definition) is 2. The van der Waals surface area contributed by atoms with Crippen LogP contribution in [0.4, 0.5) is 4.39 Å². The second-order valence-electron chi connectivity index (χ2n) is 3.25. The zero-order valence-corrected chi connectivity index (χ0v) is 6.23. The van der Waals surface area contributed by atoms with E-state index in [0.717, 1.165) is 12.8 Å². The molecular weight excluding hydrogens is 133 g/mol. The molecule has 1 fully saturated rings. The van der Waals surface area contributed by atoms with Crippen LogP contribution in [-0.2, 0) is 0 Å². The Morgan fingerprint density at radius 3 is 2.70 bits per heavy atom. The predicted octanol–water partition coefficient (Wildman–Crippen LogP) is 0.459. The molecule has 1 aliphatic carbocycles. The van der Waals surface area contributed by atoms with Gasteiger partial charge in [0.05, 0.1) is 6.10 Å². The third-order valence-corrected chi connectivity index (χ3v) is 1.94. The topological polar surface area (TPSA) is 32.3 Å². The van der Waals surface area contributed by atoms with Crippen molar-refractivity contribution >= 4 is 0 Å². The summed E-state index contributed by atoms with van der Waals surface area (Å²) in [5.74, 6) is 0. The van der Waals surface area contributed by atoms with Gasteiger partial charge in [0.25, 0.3) is 0 Å². The summed E-state index contributed by atoms with van der Waals surface area (Å²) in [7, 11) is 0. The zero-order chi connectivity index (χ0) is 7.61. The Morgan fingerprint density at radius 2 is 2.30 bits per heavy atom. The van der Waals surface area contributed by atoms with E-state index in [1.807, 2.05) is 0 Å². The molecule has 0 aromatic heterocycles. The van der Waals surface area contributed by atoms with Gasteiger partial charge in [0, 0.05) is 12.1 Å². The molecule has 0 bridgehead atoms. The van der Waals surface area contributed by atoms with E-state index in [1.54, 1.807) is 0 Å². The van der Waals surface area contributed by atoms with E-state index in [4.69, 9.17) is 5.11 Å². The van der Waals surface area contributed by atoms with Crippen molar-refractivity contribution in [1.29, 1.82) is 0 Å². The van der Waals surface area contributed by atoms with Crippen molar-refractivity contribution in [2.45, 2.75) is 31.4 Å². The molecule has 1 aliphatic rings. The van der Waals surface area contributed by atoms with E-state index in [1.165, 1.54) is 0 Å². The molecule has 1 unspecified atom stereocenters. The Kier molecular flexibility index (Phi) is 2.26. The Balaban J connectivity index is 2.04. The number of aliphatic hydroxyl groups excluding tert-OH is 1. The Bertz CT molecular complexity index is 114. The third-order valence-electron chi connectivity index (χ3n) is 1.94. The van der Waals surface area contributed by atoms with Crippen LogP contribution in [0.15, 0.2) is 0 Å². The number of alkyl halides is 1. The molecule has 60 valence electrons. The number of nitrogens with one attached hydrogen (secondary N) is 1. The molecule has 1 atom stereocenters. The van der Waals surface area contributed by atoms with Gasteiger partial charge in [-0.2, -0.15) is 0 Å². The van der Waals surface area contributed by atoms with Gasteiger partial charge >= 0.3 is 0 Å². The highest BCUT2D eigenvalue weighted by Crippen LogP contribution is 2.33. The third kappa shape index (κ3) is 2.23. The predicted molar refractivity (Wildman–Crippen MR) is 37.6 cm³/mol. The van der Waals surface area contributed by atoms with E-state index in [2.05, 4.69) is 12.2 Å². The highest BCUT2D eigenvalue weighted by atomic mass is 19.1. The fourth-order valence-electron chi connectivity index (χ4n) is 0.783. The molecule has 0 saturated heterocycles. The Morgan fingerprint density at radius 1 is 1.70 bits per heavy atom. The van der Waals surface area contributed by atoms with Crippen molar-refractivity contribution in [3.63, 3.8) is 0 Å². The van der Waals surface area contributed by atoms with Crippen LogP contribution in [0.3, 0.4) is 0 Å². The lowest BCUT2D eigenvalue weighted by atomic mass is 10.3. The number of aliphatic hydroxyl groups is 1. The zero-order valence-electron chi connectivity index (χ0n) is 6.23. The average Bonchev–Trinajstić information content (AvgIpc) is 2.64. The highest BCUT2D eigenvalue weighted by molar-refractivity contribution is 4.97. The van der Waals surface area contributed by atoms with Gasteiger partial charge in [0.15, 0.2) is 0 Å². The normalized spacial score (nSPS) is 24.3. The van der Waals surface area contributed by atoms with Crippen molar-refractivity contribution in [1.82, 2.24) is 5.32 Å². The molecule has 1 rings (SSSR count). The number of β-amino-alcohol motifs (C(OH)–C–C–N with tert-alkyl or cyclic N) is 1. The SMILES string of the molecule is CC1(NCC(O)CF)CC1. The molecule has 10 heavy (non-hydrogen) atoms. The lowest BCUT2D eigenvalue weighted by Gasteiger charge is -2.12. The van der Waals surface area contributed by atoms with E-state index in [9.17, 15) is 4.39 Å². The maximum Gasteiger partial charge on any atom is 0.117 e. The number of rotatable bonds is 4. The van der Waals surface area contributed by atoms with Crippen molar-refractivity contribution in [3.8, 4) is 0 Å². The maximum atomic E-state index is 11.7. The molecule has 0 aliphatic heterocycles. The largest absolute Gasteiger partial charge is 0.389 e. The molecule has 0 radical (unpaired) electrons. The van der Waals surface area contributed by atoms with Crippen molar-refractivity contribution in [2.75, 3.05) is 13.2 Å². The summed E-state index contributed by atoms with van der Waals surface area (Å²) in [6.07, 6.45) is 1.47. The average molecular weight is 147 g/mol. The van der Waals surface area contributed by atoms with E-state index < -0.39 is 12.8 Å². The number of halogens is 1. The monoisotopic (exact) mass is 147 g/mol. The summed E-state index contributed by atoms with van der Waals surface area (Å²) in [6, 6.07) is 0. The fourth-order valence-corrected chi connectivity index (χ4v) is 0.783. The molecule has 1 saturated carbocycles. The summed E-state index contributed by atoms with van der Waals surface area (Å²) < 4.78 is 11.7. The van der Waals surface area contributed by atoms with E-state index in [-0.39, 0.29) is 5.54 Å². The van der Waals surface area contributed by atoms with Crippen LogP contribution in [0.2, 0.25) is 0 Å². The molecule has 0 spiro atoms.